The van der Waals surface area contributed by atoms with E-state index in [1.807, 2.05) is 0 Å². The lowest BCUT2D eigenvalue weighted by Gasteiger charge is -2.07. The Labute approximate surface area is 138 Å². The van der Waals surface area contributed by atoms with Crippen LogP contribution in [0, 0.1) is 0 Å². The molecule has 5 heteroatoms. The fourth-order valence-corrected chi connectivity index (χ4v) is 1.78. The summed E-state index contributed by atoms with van der Waals surface area (Å²) in [5, 5.41) is 0. The fraction of sp³-hybridized carbons (Fsp3) is 0.444. The zero-order chi connectivity index (χ0) is 16.2. The average molecular weight is 322 g/mol. The summed E-state index contributed by atoms with van der Waals surface area (Å²) in [6, 6.07) is 6.85. The summed E-state index contributed by atoms with van der Waals surface area (Å²) in [6.45, 7) is 4.38. The molecule has 0 saturated carbocycles. The first-order valence-electron chi connectivity index (χ1n) is 7.27. The zero-order valence-electron chi connectivity index (χ0n) is 12.9. The van der Waals surface area contributed by atoms with E-state index in [4.69, 9.17) is 9.47 Å². The van der Waals surface area contributed by atoms with Gasteiger partial charge in [-0.25, -0.2) is 9.59 Å². The predicted octanol–water partition coefficient (Wildman–Crippen LogP) is 3.78. The first-order valence-corrected chi connectivity index (χ1v) is 7.27. The highest BCUT2D eigenvalue weighted by Gasteiger charge is 2.04. The molecule has 0 aliphatic heterocycles. The van der Waals surface area contributed by atoms with Gasteiger partial charge in [-0.3, -0.25) is 0 Å². The topological polar surface area (TPSA) is 61.8 Å². The molecule has 0 aliphatic rings. The van der Waals surface area contributed by atoms with Crippen LogP contribution in [0.25, 0.3) is 0 Å². The van der Waals surface area contributed by atoms with Gasteiger partial charge in [0.1, 0.15) is 5.75 Å². The van der Waals surface area contributed by atoms with Gasteiger partial charge in [-0.1, -0.05) is 14.0 Å². The van der Waals surface area contributed by atoms with Crippen molar-refractivity contribution in [3.63, 3.8) is 0 Å². The number of ether oxygens (including phenoxy) is 3. The molecule has 0 bridgehead atoms. The summed E-state index contributed by atoms with van der Waals surface area (Å²) < 4.78 is 15.1. The lowest BCUT2D eigenvalue weighted by atomic mass is 10.2. The van der Waals surface area contributed by atoms with E-state index in [0.29, 0.717) is 18.8 Å². The summed E-state index contributed by atoms with van der Waals surface area (Å²) in [6.07, 6.45) is 4.92. The van der Waals surface area contributed by atoms with Crippen molar-refractivity contribution in [3.8, 4) is 5.75 Å². The van der Waals surface area contributed by atoms with E-state index in [1.54, 1.807) is 24.3 Å². The molecule has 23 heavy (non-hydrogen) atoms. The molecule has 0 radical (unpaired) electrons. The summed E-state index contributed by atoms with van der Waals surface area (Å²) in [5.74, 6) is -0.00462. The standard InChI is InChI=1S/C17H22O5.CH4/c1-3-16(18)22-13-7-5-4-6-12-21-15-10-8-14(9-11-15)17(19)20-2;/h3,8-11H,1,4-7,12-13H2,2H3;1H4. The van der Waals surface area contributed by atoms with Crippen molar-refractivity contribution < 1.29 is 23.8 Å². The van der Waals surface area contributed by atoms with E-state index in [0.717, 1.165) is 31.4 Å². The minimum absolute atomic E-state index is 0. The molecule has 0 aromatic heterocycles. The van der Waals surface area contributed by atoms with Gasteiger partial charge in [-0.15, -0.1) is 0 Å². The van der Waals surface area contributed by atoms with Gasteiger partial charge < -0.3 is 14.2 Å². The SMILES string of the molecule is C.C=CC(=O)OCCCCCCOc1ccc(C(=O)OC)cc1. The van der Waals surface area contributed by atoms with Crippen LogP contribution < -0.4 is 4.74 Å². The van der Waals surface area contributed by atoms with Gasteiger partial charge in [0.25, 0.3) is 0 Å². The lowest BCUT2D eigenvalue weighted by molar-refractivity contribution is -0.137. The van der Waals surface area contributed by atoms with Crippen molar-refractivity contribution in [3.05, 3.63) is 42.5 Å². The molecule has 0 aliphatic carbocycles. The first kappa shape index (κ1) is 20.7. The summed E-state index contributed by atoms with van der Waals surface area (Å²) in [5.41, 5.74) is 0.504. The van der Waals surface area contributed by atoms with Gasteiger partial charge in [-0.2, -0.15) is 0 Å². The van der Waals surface area contributed by atoms with Crippen molar-refractivity contribution in [2.24, 2.45) is 0 Å². The summed E-state index contributed by atoms with van der Waals surface area (Å²) >= 11 is 0. The maximum atomic E-state index is 11.3. The summed E-state index contributed by atoms with van der Waals surface area (Å²) in [7, 11) is 1.35. The Bertz CT molecular complexity index is 479. The maximum absolute atomic E-state index is 11.3. The van der Waals surface area contributed by atoms with Crippen LogP contribution in [-0.4, -0.2) is 32.3 Å². The van der Waals surface area contributed by atoms with E-state index in [1.165, 1.54) is 13.2 Å². The van der Waals surface area contributed by atoms with Gasteiger partial charge in [0, 0.05) is 6.08 Å². The summed E-state index contributed by atoms with van der Waals surface area (Å²) in [4.78, 5) is 22.1. The molecule has 0 heterocycles. The number of esters is 2. The van der Waals surface area contributed by atoms with Crippen LogP contribution in [0.2, 0.25) is 0 Å². The number of carbonyl (C=O) groups is 2. The molecule has 128 valence electrons. The van der Waals surface area contributed by atoms with Crippen molar-refractivity contribution in [2.45, 2.75) is 33.1 Å². The van der Waals surface area contributed by atoms with Crippen LogP contribution in [0.5, 0.6) is 5.75 Å². The van der Waals surface area contributed by atoms with Crippen LogP contribution in [-0.2, 0) is 14.3 Å². The highest BCUT2D eigenvalue weighted by Crippen LogP contribution is 2.13. The third-order valence-corrected chi connectivity index (χ3v) is 2.99. The molecule has 0 N–H and O–H groups in total. The number of methoxy groups -OCH3 is 1. The third kappa shape index (κ3) is 8.66. The highest BCUT2D eigenvalue weighted by molar-refractivity contribution is 5.89. The zero-order valence-corrected chi connectivity index (χ0v) is 12.9. The van der Waals surface area contributed by atoms with Crippen molar-refractivity contribution in [2.75, 3.05) is 20.3 Å². The molecule has 1 aromatic rings. The predicted molar refractivity (Wildman–Crippen MR) is 89.6 cm³/mol. The highest BCUT2D eigenvalue weighted by atomic mass is 16.5. The molecule has 5 nitrogen and oxygen atoms in total. The largest absolute Gasteiger partial charge is 0.494 e. The minimum atomic E-state index is -0.376. The Balaban J connectivity index is 0.00000484. The first-order chi connectivity index (χ1) is 10.7. The molecular formula is C18H26O5. The molecule has 0 unspecified atom stereocenters. The van der Waals surface area contributed by atoms with E-state index in [9.17, 15) is 9.59 Å². The Kier molecular flexibility index (Phi) is 11.0. The van der Waals surface area contributed by atoms with Gasteiger partial charge in [-0.05, 0) is 49.9 Å². The van der Waals surface area contributed by atoms with Crippen LogP contribution in [0.4, 0.5) is 0 Å². The van der Waals surface area contributed by atoms with Crippen molar-refractivity contribution in [1.29, 1.82) is 0 Å². The Morgan fingerprint density at radius 2 is 1.65 bits per heavy atom. The van der Waals surface area contributed by atoms with Crippen molar-refractivity contribution in [1.82, 2.24) is 0 Å². The molecule has 0 atom stereocenters. The Morgan fingerprint density at radius 1 is 1.04 bits per heavy atom. The number of hydrogen-bond donors (Lipinski definition) is 0. The Morgan fingerprint density at radius 3 is 2.22 bits per heavy atom. The van der Waals surface area contributed by atoms with E-state index in [-0.39, 0.29) is 19.4 Å². The minimum Gasteiger partial charge on any atom is -0.494 e. The fourth-order valence-electron chi connectivity index (χ4n) is 1.78. The number of carbonyl (C=O) groups excluding carboxylic acids is 2. The third-order valence-electron chi connectivity index (χ3n) is 2.99. The van der Waals surface area contributed by atoms with Gasteiger partial charge in [0.05, 0.1) is 25.9 Å². The molecule has 0 saturated heterocycles. The molecular weight excluding hydrogens is 296 g/mol. The maximum Gasteiger partial charge on any atom is 0.337 e. The number of unbranched alkanes of at least 4 members (excludes halogenated alkanes) is 3. The second kappa shape index (κ2) is 12.3. The van der Waals surface area contributed by atoms with Crippen LogP contribution in [0.15, 0.2) is 36.9 Å². The van der Waals surface area contributed by atoms with E-state index in [2.05, 4.69) is 11.3 Å². The van der Waals surface area contributed by atoms with Gasteiger partial charge in [0.15, 0.2) is 0 Å². The van der Waals surface area contributed by atoms with Crippen molar-refractivity contribution >= 4 is 11.9 Å². The second-order valence-corrected chi connectivity index (χ2v) is 4.65. The second-order valence-electron chi connectivity index (χ2n) is 4.65. The van der Waals surface area contributed by atoms with Crippen LogP contribution in [0.3, 0.4) is 0 Å². The quantitative estimate of drug-likeness (QED) is 0.373. The van der Waals surface area contributed by atoms with Crippen LogP contribution in [0.1, 0.15) is 43.5 Å². The number of benzene rings is 1. The van der Waals surface area contributed by atoms with E-state index >= 15 is 0 Å². The average Bonchev–Trinajstić information content (AvgIpc) is 2.56. The monoisotopic (exact) mass is 322 g/mol. The molecule has 1 aromatic carbocycles. The van der Waals surface area contributed by atoms with E-state index < -0.39 is 0 Å². The number of rotatable bonds is 10. The molecule has 1 rings (SSSR count). The van der Waals surface area contributed by atoms with Crippen LogP contribution >= 0.6 is 0 Å². The lowest BCUT2D eigenvalue weighted by Crippen LogP contribution is -2.03. The molecule has 0 amide bonds. The smallest absolute Gasteiger partial charge is 0.337 e. The Hall–Kier alpha value is -2.30. The van der Waals surface area contributed by atoms with Gasteiger partial charge >= 0.3 is 11.9 Å². The van der Waals surface area contributed by atoms with Gasteiger partial charge in [0.2, 0.25) is 0 Å². The number of hydrogen-bond acceptors (Lipinski definition) is 5. The normalized spacial score (nSPS) is 9.43. The molecule has 0 spiro atoms. The molecule has 0 fully saturated rings.